The summed E-state index contributed by atoms with van der Waals surface area (Å²) in [5.41, 5.74) is 2.72. The van der Waals surface area contributed by atoms with Gasteiger partial charge in [-0.2, -0.15) is 0 Å². The lowest BCUT2D eigenvalue weighted by molar-refractivity contribution is 0.0782. The average molecular weight is 268 g/mol. The van der Waals surface area contributed by atoms with Gasteiger partial charge in [0, 0.05) is 31.0 Å². The number of pyridine rings is 1. The highest BCUT2D eigenvalue weighted by molar-refractivity contribution is 6.01. The standard InChI is InChI=1S/C16H16N2O2/c1-12-7-8-13(9-17-12)10-18(2)16(20)15-6-4-3-5-14(15)11-19/h3-9,11H,10H2,1-2H3. The van der Waals surface area contributed by atoms with Gasteiger partial charge in [0.25, 0.3) is 5.91 Å². The Balaban J connectivity index is 2.16. The molecule has 0 unspecified atom stereocenters. The first-order valence-corrected chi connectivity index (χ1v) is 6.33. The maximum Gasteiger partial charge on any atom is 0.254 e. The topological polar surface area (TPSA) is 50.3 Å². The van der Waals surface area contributed by atoms with Crippen LogP contribution >= 0.6 is 0 Å². The highest BCUT2D eigenvalue weighted by Gasteiger charge is 2.15. The molecule has 0 fully saturated rings. The van der Waals surface area contributed by atoms with Crippen molar-refractivity contribution in [3.63, 3.8) is 0 Å². The summed E-state index contributed by atoms with van der Waals surface area (Å²) < 4.78 is 0. The molecule has 4 heteroatoms. The minimum Gasteiger partial charge on any atom is -0.337 e. The van der Waals surface area contributed by atoms with Crippen LogP contribution < -0.4 is 0 Å². The van der Waals surface area contributed by atoms with Crippen LogP contribution in [0.1, 0.15) is 32.0 Å². The number of carbonyl (C=O) groups excluding carboxylic acids is 2. The van der Waals surface area contributed by atoms with Crippen molar-refractivity contribution in [3.05, 3.63) is 65.0 Å². The van der Waals surface area contributed by atoms with Gasteiger partial charge in [-0.25, -0.2) is 0 Å². The Labute approximate surface area is 118 Å². The quantitative estimate of drug-likeness (QED) is 0.800. The zero-order valence-electron chi connectivity index (χ0n) is 11.5. The van der Waals surface area contributed by atoms with Gasteiger partial charge < -0.3 is 4.90 Å². The molecule has 0 aliphatic rings. The van der Waals surface area contributed by atoms with Crippen LogP contribution in [0.4, 0.5) is 0 Å². The molecule has 4 nitrogen and oxygen atoms in total. The number of amides is 1. The van der Waals surface area contributed by atoms with Crippen molar-refractivity contribution >= 4 is 12.2 Å². The monoisotopic (exact) mass is 268 g/mol. The van der Waals surface area contributed by atoms with E-state index in [1.807, 2.05) is 19.1 Å². The van der Waals surface area contributed by atoms with Crippen LogP contribution in [0.25, 0.3) is 0 Å². The van der Waals surface area contributed by atoms with Gasteiger partial charge in [-0.3, -0.25) is 14.6 Å². The van der Waals surface area contributed by atoms with E-state index in [0.717, 1.165) is 11.3 Å². The Hall–Kier alpha value is -2.49. The van der Waals surface area contributed by atoms with Crippen LogP contribution in [-0.4, -0.2) is 29.1 Å². The van der Waals surface area contributed by atoms with Gasteiger partial charge in [0.2, 0.25) is 0 Å². The number of hydrogen-bond acceptors (Lipinski definition) is 3. The minimum absolute atomic E-state index is 0.173. The smallest absolute Gasteiger partial charge is 0.254 e. The first-order valence-electron chi connectivity index (χ1n) is 6.33. The first-order chi connectivity index (χ1) is 9.61. The molecule has 1 amide bonds. The lowest BCUT2D eigenvalue weighted by Gasteiger charge is -2.18. The Morgan fingerprint density at radius 2 is 2.00 bits per heavy atom. The van der Waals surface area contributed by atoms with Gasteiger partial charge in [0.05, 0.1) is 5.56 Å². The van der Waals surface area contributed by atoms with E-state index in [1.165, 1.54) is 0 Å². The Kier molecular flexibility index (Phi) is 4.25. The fraction of sp³-hybridized carbons (Fsp3) is 0.188. The molecule has 0 saturated heterocycles. The summed E-state index contributed by atoms with van der Waals surface area (Å²) in [6.45, 7) is 2.37. The molecular weight excluding hydrogens is 252 g/mol. The molecule has 1 heterocycles. The first kappa shape index (κ1) is 13.9. The number of aromatic nitrogens is 1. The molecule has 2 rings (SSSR count). The summed E-state index contributed by atoms with van der Waals surface area (Å²) >= 11 is 0. The van der Waals surface area contributed by atoms with Gasteiger partial charge in [-0.05, 0) is 24.6 Å². The van der Waals surface area contributed by atoms with E-state index in [1.54, 1.807) is 42.4 Å². The lowest BCUT2D eigenvalue weighted by atomic mass is 10.1. The van der Waals surface area contributed by atoms with E-state index in [-0.39, 0.29) is 5.91 Å². The van der Waals surface area contributed by atoms with Gasteiger partial charge >= 0.3 is 0 Å². The van der Waals surface area contributed by atoms with Crippen LogP contribution in [0.3, 0.4) is 0 Å². The van der Waals surface area contributed by atoms with E-state index in [2.05, 4.69) is 4.98 Å². The Morgan fingerprint density at radius 1 is 1.25 bits per heavy atom. The maximum absolute atomic E-state index is 12.3. The minimum atomic E-state index is -0.173. The number of aryl methyl sites for hydroxylation is 1. The normalized spacial score (nSPS) is 10.1. The van der Waals surface area contributed by atoms with Crippen molar-refractivity contribution in [3.8, 4) is 0 Å². The lowest BCUT2D eigenvalue weighted by Crippen LogP contribution is -2.27. The van der Waals surface area contributed by atoms with Gasteiger partial charge in [0.1, 0.15) is 0 Å². The van der Waals surface area contributed by atoms with Crippen LogP contribution in [0.15, 0.2) is 42.6 Å². The second-order valence-electron chi connectivity index (χ2n) is 4.67. The fourth-order valence-electron chi connectivity index (χ4n) is 1.94. The molecule has 2 aromatic rings. The highest BCUT2D eigenvalue weighted by Crippen LogP contribution is 2.11. The summed E-state index contributed by atoms with van der Waals surface area (Å²) in [5, 5.41) is 0. The molecule has 1 aromatic carbocycles. The van der Waals surface area contributed by atoms with Gasteiger partial charge in [0.15, 0.2) is 6.29 Å². The van der Waals surface area contributed by atoms with Crippen LogP contribution in [-0.2, 0) is 6.54 Å². The molecule has 20 heavy (non-hydrogen) atoms. The third-order valence-corrected chi connectivity index (χ3v) is 3.06. The van der Waals surface area contributed by atoms with Crippen molar-refractivity contribution in [1.29, 1.82) is 0 Å². The third-order valence-electron chi connectivity index (χ3n) is 3.06. The SMILES string of the molecule is Cc1ccc(CN(C)C(=O)c2ccccc2C=O)cn1. The largest absolute Gasteiger partial charge is 0.337 e. The molecule has 0 N–H and O–H groups in total. The zero-order valence-corrected chi connectivity index (χ0v) is 11.5. The van der Waals surface area contributed by atoms with E-state index in [4.69, 9.17) is 0 Å². The van der Waals surface area contributed by atoms with Crippen molar-refractivity contribution in [1.82, 2.24) is 9.88 Å². The van der Waals surface area contributed by atoms with Crippen molar-refractivity contribution in [2.75, 3.05) is 7.05 Å². The highest BCUT2D eigenvalue weighted by atomic mass is 16.2. The molecule has 102 valence electrons. The maximum atomic E-state index is 12.3. The summed E-state index contributed by atoms with van der Waals surface area (Å²) in [7, 11) is 1.71. The zero-order chi connectivity index (χ0) is 14.5. The molecule has 0 bridgehead atoms. The molecule has 0 aliphatic heterocycles. The number of hydrogen-bond donors (Lipinski definition) is 0. The molecule has 0 atom stereocenters. The summed E-state index contributed by atoms with van der Waals surface area (Å²) in [6, 6.07) is 10.6. The number of aldehydes is 1. The average Bonchev–Trinajstić information content (AvgIpc) is 2.48. The molecule has 0 aliphatic carbocycles. The van der Waals surface area contributed by atoms with Crippen LogP contribution in [0.2, 0.25) is 0 Å². The molecular formula is C16H16N2O2. The van der Waals surface area contributed by atoms with E-state index >= 15 is 0 Å². The number of nitrogens with zero attached hydrogens (tertiary/aromatic N) is 2. The molecule has 0 saturated carbocycles. The van der Waals surface area contributed by atoms with Gasteiger partial charge in [-0.15, -0.1) is 0 Å². The molecule has 1 aromatic heterocycles. The Bertz CT molecular complexity index is 621. The molecule has 0 spiro atoms. The number of benzene rings is 1. The fourth-order valence-corrected chi connectivity index (χ4v) is 1.94. The molecule has 0 radical (unpaired) electrons. The second-order valence-corrected chi connectivity index (χ2v) is 4.67. The van der Waals surface area contributed by atoms with Crippen LogP contribution in [0, 0.1) is 6.92 Å². The summed E-state index contributed by atoms with van der Waals surface area (Å²) in [5.74, 6) is -0.173. The second kappa shape index (κ2) is 6.10. The third kappa shape index (κ3) is 3.09. The Morgan fingerprint density at radius 3 is 2.65 bits per heavy atom. The van der Waals surface area contributed by atoms with Crippen molar-refractivity contribution in [2.45, 2.75) is 13.5 Å². The van der Waals surface area contributed by atoms with Crippen LogP contribution in [0.5, 0.6) is 0 Å². The number of rotatable bonds is 4. The van der Waals surface area contributed by atoms with Crippen molar-refractivity contribution in [2.24, 2.45) is 0 Å². The summed E-state index contributed by atoms with van der Waals surface area (Å²) in [6.07, 6.45) is 2.46. The number of carbonyl (C=O) groups is 2. The predicted molar refractivity (Wildman–Crippen MR) is 76.6 cm³/mol. The van der Waals surface area contributed by atoms with E-state index in [9.17, 15) is 9.59 Å². The predicted octanol–water partition coefficient (Wildman–Crippen LogP) is 2.47. The van der Waals surface area contributed by atoms with Gasteiger partial charge in [-0.1, -0.05) is 24.3 Å². The summed E-state index contributed by atoms with van der Waals surface area (Å²) in [4.78, 5) is 29.1. The van der Waals surface area contributed by atoms with E-state index in [0.29, 0.717) is 24.0 Å². The van der Waals surface area contributed by atoms with Crippen molar-refractivity contribution < 1.29 is 9.59 Å². The van der Waals surface area contributed by atoms with E-state index < -0.39 is 0 Å².